The van der Waals surface area contributed by atoms with E-state index >= 15 is 0 Å². The molecule has 0 bridgehead atoms. The maximum atomic E-state index is 12.8. The summed E-state index contributed by atoms with van der Waals surface area (Å²) in [6.45, 7) is 0. The third kappa shape index (κ3) is 1.97. The Balaban J connectivity index is 2.33. The Morgan fingerprint density at radius 2 is 2.00 bits per heavy atom. The predicted molar refractivity (Wildman–Crippen MR) is 54.6 cm³/mol. The van der Waals surface area contributed by atoms with Gasteiger partial charge < -0.3 is 0 Å². The number of aromatic nitrogens is 1. The summed E-state index contributed by atoms with van der Waals surface area (Å²) >= 11 is 0. The average Bonchev–Trinajstić information content (AvgIpc) is 2.73. The lowest BCUT2D eigenvalue weighted by Crippen LogP contribution is -2.07. The summed E-state index contributed by atoms with van der Waals surface area (Å²) in [6.07, 6.45) is 3.59. The van der Waals surface area contributed by atoms with Crippen molar-refractivity contribution in [1.82, 2.24) is 4.68 Å². The topological polar surface area (TPSA) is 40.8 Å². The number of benzene rings is 1. The van der Waals surface area contributed by atoms with Gasteiger partial charge in [-0.2, -0.15) is 5.26 Å². The van der Waals surface area contributed by atoms with Crippen molar-refractivity contribution in [3.63, 3.8) is 0 Å². The molecule has 0 saturated carbocycles. The maximum absolute atomic E-state index is 12.8. The Morgan fingerprint density at radius 3 is 2.67 bits per heavy atom. The number of halogens is 1. The second-order valence-corrected chi connectivity index (χ2v) is 3.00. The molecule has 0 fully saturated rings. The van der Waals surface area contributed by atoms with Gasteiger partial charge in [-0.15, -0.1) is 0 Å². The van der Waals surface area contributed by atoms with Crippen LogP contribution in [0.4, 0.5) is 10.1 Å². The van der Waals surface area contributed by atoms with Gasteiger partial charge in [0.2, 0.25) is 0 Å². The third-order valence-electron chi connectivity index (χ3n) is 1.96. The normalized spacial score (nSPS) is 9.60. The van der Waals surface area contributed by atoms with E-state index in [9.17, 15) is 4.39 Å². The minimum atomic E-state index is -0.412. The van der Waals surface area contributed by atoms with E-state index in [4.69, 9.17) is 5.26 Å². The van der Waals surface area contributed by atoms with Crippen LogP contribution in [0.1, 0.15) is 5.56 Å². The Labute approximate surface area is 86.4 Å². The second kappa shape index (κ2) is 3.84. The van der Waals surface area contributed by atoms with E-state index in [0.717, 1.165) is 0 Å². The van der Waals surface area contributed by atoms with Crippen LogP contribution in [-0.4, -0.2) is 4.68 Å². The van der Waals surface area contributed by atoms with Crippen molar-refractivity contribution < 1.29 is 4.39 Å². The average molecular weight is 201 g/mol. The Morgan fingerprint density at radius 1 is 1.27 bits per heavy atom. The van der Waals surface area contributed by atoms with Crippen LogP contribution in [-0.2, 0) is 0 Å². The summed E-state index contributed by atoms with van der Waals surface area (Å²) in [5.41, 5.74) is 3.82. The first-order chi connectivity index (χ1) is 7.29. The molecule has 1 aromatic heterocycles. The molecule has 0 amide bonds. The summed E-state index contributed by atoms with van der Waals surface area (Å²) in [6, 6.07) is 9.68. The van der Waals surface area contributed by atoms with Crippen molar-refractivity contribution in [2.75, 3.05) is 5.43 Å². The Kier molecular flexibility index (Phi) is 2.38. The van der Waals surface area contributed by atoms with E-state index in [2.05, 4.69) is 5.43 Å². The van der Waals surface area contributed by atoms with Gasteiger partial charge in [-0.25, -0.2) is 4.39 Å². The highest BCUT2D eigenvalue weighted by Gasteiger charge is 2.02. The van der Waals surface area contributed by atoms with Crippen LogP contribution in [0.25, 0.3) is 0 Å². The summed E-state index contributed by atoms with van der Waals surface area (Å²) in [7, 11) is 0. The molecule has 0 unspecified atom stereocenters. The first-order valence-corrected chi connectivity index (χ1v) is 4.39. The maximum Gasteiger partial charge on any atom is 0.124 e. The molecule has 0 spiro atoms. The molecular weight excluding hydrogens is 193 g/mol. The van der Waals surface area contributed by atoms with Crippen LogP contribution in [0.5, 0.6) is 0 Å². The molecule has 1 aromatic carbocycles. The van der Waals surface area contributed by atoms with Crippen molar-refractivity contribution in [2.45, 2.75) is 0 Å². The molecule has 0 atom stereocenters. The van der Waals surface area contributed by atoms with Gasteiger partial charge in [-0.3, -0.25) is 10.1 Å². The molecular formula is C11H8FN3. The lowest BCUT2D eigenvalue weighted by Gasteiger charge is -2.08. The van der Waals surface area contributed by atoms with Crippen LogP contribution < -0.4 is 5.43 Å². The van der Waals surface area contributed by atoms with Crippen LogP contribution >= 0.6 is 0 Å². The van der Waals surface area contributed by atoms with Gasteiger partial charge in [0.1, 0.15) is 11.9 Å². The monoisotopic (exact) mass is 201 g/mol. The molecule has 74 valence electrons. The fraction of sp³-hybridized carbons (Fsp3) is 0. The molecule has 0 aliphatic rings. The van der Waals surface area contributed by atoms with Gasteiger partial charge >= 0.3 is 0 Å². The van der Waals surface area contributed by atoms with E-state index < -0.39 is 5.82 Å². The van der Waals surface area contributed by atoms with Crippen molar-refractivity contribution in [2.24, 2.45) is 0 Å². The van der Waals surface area contributed by atoms with E-state index in [1.54, 1.807) is 17.1 Å². The van der Waals surface area contributed by atoms with Crippen LogP contribution in [0, 0.1) is 17.1 Å². The van der Waals surface area contributed by atoms with Gasteiger partial charge in [0.25, 0.3) is 0 Å². The van der Waals surface area contributed by atoms with Crippen LogP contribution in [0.2, 0.25) is 0 Å². The number of nitriles is 1. The highest BCUT2D eigenvalue weighted by molar-refractivity contribution is 5.57. The molecule has 1 N–H and O–H groups in total. The minimum Gasteiger partial charge on any atom is -0.294 e. The number of anilines is 1. The van der Waals surface area contributed by atoms with Gasteiger partial charge in [0, 0.05) is 12.4 Å². The second-order valence-electron chi connectivity index (χ2n) is 3.00. The lowest BCUT2D eigenvalue weighted by atomic mass is 10.2. The largest absolute Gasteiger partial charge is 0.294 e. The molecule has 0 aliphatic carbocycles. The number of hydrogen-bond acceptors (Lipinski definition) is 2. The molecule has 0 saturated heterocycles. The SMILES string of the molecule is N#Cc1cc(F)ccc1Nn1cccc1. The van der Waals surface area contributed by atoms with Crippen LogP contribution in [0.15, 0.2) is 42.7 Å². The van der Waals surface area contributed by atoms with E-state index in [1.807, 2.05) is 18.2 Å². The summed E-state index contributed by atoms with van der Waals surface area (Å²) in [4.78, 5) is 0. The fourth-order valence-electron chi connectivity index (χ4n) is 1.25. The minimum absolute atomic E-state index is 0.281. The van der Waals surface area contributed by atoms with Gasteiger partial charge in [0.15, 0.2) is 0 Å². The molecule has 2 rings (SSSR count). The molecule has 2 aromatic rings. The Bertz CT molecular complexity index is 497. The molecule has 4 heteroatoms. The van der Waals surface area contributed by atoms with Gasteiger partial charge in [-0.05, 0) is 30.3 Å². The quantitative estimate of drug-likeness (QED) is 0.810. The van der Waals surface area contributed by atoms with Gasteiger partial charge in [-0.1, -0.05) is 0 Å². The molecule has 3 nitrogen and oxygen atoms in total. The first kappa shape index (κ1) is 9.28. The van der Waals surface area contributed by atoms with Crippen molar-refractivity contribution in [3.8, 4) is 6.07 Å². The zero-order valence-corrected chi connectivity index (χ0v) is 7.81. The summed E-state index contributed by atoms with van der Waals surface area (Å²) < 4.78 is 14.5. The standard InChI is InChI=1S/C11H8FN3/c12-10-3-4-11(9(7-10)8-13)14-15-5-1-2-6-15/h1-7,14H. The summed E-state index contributed by atoms with van der Waals surface area (Å²) in [5.74, 6) is -0.412. The summed E-state index contributed by atoms with van der Waals surface area (Å²) in [5, 5.41) is 8.81. The van der Waals surface area contributed by atoms with Crippen LogP contribution in [0.3, 0.4) is 0 Å². The van der Waals surface area contributed by atoms with E-state index in [0.29, 0.717) is 5.69 Å². The number of hydrogen-bond donors (Lipinski definition) is 1. The van der Waals surface area contributed by atoms with Crippen molar-refractivity contribution in [1.29, 1.82) is 5.26 Å². The first-order valence-electron chi connectivity index (χ1n) is 4.39. The van der Waals surface area contributed by atoms with Crippen molar-refractivity contribution in [3.05, 3.63) is 54.1 Å². The smallest absolute Gasteiger partial charge is 0.124 e. The highest BCUT2D eigenvalue weighted by atomic mass is 19.1. The number of nitrogens with zero attached hydrogens (tertiary/aromatic N) is 2. The predicted octanol–water partition coefficient (Wildman–Crippen LogP) is 2.37. The van der Waals surface area contributed by atoms with Gasteiger partial charge in [0.05, 0.1) is 11.3 Å². The van der Waals surface area contributed by atoms with E-state index in [-0.39, 0.29) is 5.56 Å². The zero-order valence-electron chi connectivity index (χ0n) is 7.81. The lowest BCUT2D eigenvalue weighted by molar-refractivity contribution is 0.627. The molecule has 1 heterocycles. The van der Waals surface area contributed by atoms with Crippen molar-refractivity contribution >= 4 is 5.69 Å². The molecule has 0 aliphatic heterocycles. The van der Waals surface area contributed by atoms with E-state index in [1.165, 1.54) is 18.2 Å². The fourth-order valence-corrected chi connectivity index (χ4v) is 1.25. The third-order valence-corrected chi connectivity index (χ3v) is 1.96. The molecule has 0 radical (unpaired) electrons. The Hall–Kier alpha value is -2.28. The number of rotatable bonds is 2. The molecule has 15 heavy (non-hydrogen) atoms. The number of nitrogens with one attached hydrogen (secondary N) is 1. The highest BCUT2D eigenvalue weighted by Crippen LogP contribution is 2.15. The zero-order chi connectivity index (χ0) is 10.7.